The maximum absolute atomic E-state index is 9.99. The highest BCUT2D eigenvalue weighted by Gasteiger charge is 2.10. The van der Waals surface area contributed by atoms with Crippen molar-refractivity contribution in [3.63, 3.8) is 0 Å². The molecule has 0 fully saturated rings. The topological polar surface area (TPSA) is 57.5 Å². The highest BCUT2D eigenvalue weighted by molar-refractivity contribution is 5.61. The minimum atomic E-state index is -1.01. The van der Waals surface area contributed by atoms with Gasteiger partial charge in [0.05, 0.1) is 5.57 Å². The molecule has 1 unspecified atom stereocenters. The summed E-state index contributed by atoms with van der Waals surface area (Å²) in [6.07, 6.45) is 2.81. The molecule has 1 aliphatic carbocycles. The molecule has 0 amide bonds. The van der Waals surface area contributed by atoms with Gasteiger partial charge in [-0.3, -0.25) is 0 Å². The fourth-order valence-electron chi connectivity index (χ4n) is 0.675. The first-order valence-electron chi connectivity index (χ1n) is 2.76. The molecule has 0 saturated heterocycles. The summed E-state index contributed by atoms with van der Waals surface area (Å²) in [5, 5.41) is 17.7. The SMILES string of the molecule is O=C=C1C=CC(O)=CC1O. The van der Waals surface area contributed by atoms with E-state index in [1.807, 2.05) is 0 Å². The molecular formula is C7H6O3. The van der Waals surface area contributed by atoms with Crippen molar-refractivity contribution in [3.05, 3.63) is 29.6 Å². The van der Waals surface area contributed by atoms with Crippen LogP contribution < -0.4 is 0 Å². The lowest BCUT2D eigenvalue weighted by Gasteiger charge is -2.07. The van der Waals surface area contributed by atoms with Crippen molar-refractivity contribution in [1.29, 1.82) is 0 Å². The Balaban J connectivity index is 2.95. The maximum atomic E-state index is 9.99. The van der Waals surface area contributed by atoms with E-state index in [4.69, 9.17) is 10.2 Å². The molecule has 0 aromatic carbocycles. The summed E-state index contributed by atoms with van der Waals surface area (Å²) in [6, 6.07) is 0. The molecule has 0 heterocycles. The maximum Gasteiger partial charge on any atom is 0.131 e. The first-order chi connectivity index (χ1) is 4.74. The average Bonchev–Trinajstić information content (AvgIpc) is 1.88. The zero-order valence-electron chi connectivity index (χ0n) is 5.11. The summed E-state index contributed by atoms with van der Waals surface area (Å²) in [5.41, 5.74) is 0.137. The van der Waals surface area contributed by atoms with Gasteiger partial charge in [0, 0.05) is 0 Å². The van der Waals surface area contributed by atoms with Gasteiger partial charge in [-0.25, -0.2) is 4.79 Å². The predicted octanol–water partition coefficient (Wildman–Crippen LogP) is 0.117. The van der Waals surface area contributed by atoms with Crippen LogP contribution in [0.1, 0.15) is 0 Å². The highest BCUT2D eigenvalue weighted by Crippen LogP contribution is 2.11. The van der Waals surface area contributed by atoms with Crippen LogP contribution in [0.25, 0.3) is 0 Å². The van der Waals surface area contributed by atoms with Crippen LogP contribution in [0.15, 0.2) is 29.6 Å². The Labute approximate surface area is 57.6 Å². The summed E-state index contributed by atoms with van der Waals surface area (Å²) in [4.78, 5) is 9.99. The lowest BCUT2D eigenvalue weighted by molar-refractivity contribution is 0.255. The largest absolute Gasteiger partial charge is 0.508 e. The van der Waals surface area contributed by atoms with Crippen LogP contribution in [0, 0.1) is 0 Å². The summed E-state index contributed by atoms with van der Waals surface area (Å²) >= 11 is 0. The van der Waals surface area contributed by atoms with Gasteiger partial charge < -0.3 is 10.2 Å². The van der Waals surface area contributed by atoms with Crippen molar-refractivity contribution in [2.75, 3.05) is 0 Å². The molecular weight excluding hydrogens is 132 g/mol. The van der Waals surface area contributed by atoms with Crippen LogP contribution >= 0.6 is 0 Å². The van der Waals surface area contributed by atoms with Crippen LogP contribution in [0.4, 0.5) is 0 Å². The van der Waals surface area contributed by atoms with Crippen molar-refractivity contribution >= 4 is 5.94 Å². The van der Waals surface area contributed by atoms with Gasteiger partial charge in [0.15, 0.2) is 0 Å². The predicted molar refractivity (Wildman–Crippen MR) is 35.1 cm³/mol. The van der Waals surface area contributed by atoms with Crippen LogP contribution in [-0.4, -0.2) is 22.3 Å². The number of rotatable bonds is 0. The Bertz CT molecular complexity index is 244. The molecule has 3 heteroatoms. The van der Waals surface area contributed by atoms with Crippen molar-refractivity contribution in [1.82, 2.24) is 0 Å². The highest BCUT2D eigenvalue weighted by atomic mass is 16.3. The lowest BCUT2D eigenvalue weighted by atomic mass is 10.1. The van der Waals surface area contributed by atoms with Gasteiger partial charge in [-0.15, -0.1) is 0 Å². The summed E-state index contributed by atoms with van der Waals surface area (Å²) < 4.78 is 0. The number of allylic oxidation sites excluding steroid dienone is 1. The summed E-state index contributed by atoms with van der Waals surface area (Å²) in [5.74, 6) is 1.51. The molecule has 0 aromatic rings. The van der Waals surface area contributed by atoms with E-state index in [-0.39, 0.29) is 11.3 Å². The third-order valence-electron chi connectivity index (χ3n) is 1.20. The third kappa shape index (κ3) is 1.16. The number of hydrogen-bond donors (Lipinski definition) is 2. The van der Waals surface area contributed by atoms with E-state index in [2.05, 4.69) is 0 Å². The molecule has 0 bridgehead atoms. The first-order valence-corrected chi connectivity index (χ1v) is 2.76. The van der Waals surface area contributed by atoms with E-state index in [1.165, 1.54) is 18.2 Å². The number of hydrogen-bond acceptors (Lipinski definition) is 3. The van der Waals surface area contributed by atoms with Crippen LogP contribution in [0.2, 0.25) is 0 Å². The third-order valence-corrected chi connectivity index (χ3v) is 1.20. The van der Waals surface area contributed by atoms with E-state index < -0.39 is 6.10 Å². The van der Waals surface area contributed by atoms with Gasteiger partial charge in [-0.2, -0.15) is 0 Å². The Hall–Kier alpha value is -1.31. The van der Waals surface area contributed by atoms with Gasteiger partial charge in [0.1, 0.15) is 17.8 Å². The second-order valence-electron chi connectivity index (χ2n) is 1.93. The van der Waals surface area contributed by atoms with Crippen molar-refractivity contribution in [2.45, 2.75) is 6.10 Å². The first kappa shape index (κ1) is 6.81. The number of aliphatic hydroxyl groups excluding tert-OH is 2. The van der Waals surface area contributed by atoms with Crippen molar-refractivity contribution < 1.29 is 15.0 Å². The number of carbonyl (C=O) groups excluding carboxylic acids is 1. The van der Waals surface area contributed by atoms with Gasteiger partial charge in [0.2, 0.25) is 0 Å². The molecule has 0 spiro atoms. The lowest BCUT2D eigenvalue weighted by Crippen LogP contribution is -2.09. The minimum absolute atomic E-state index is 0.0356. The van der Waals surface area contributed by atoms with Gasteiger partial charge >= 0.3 is 0 Å². The quantitative estimate of drug-likeness (QED) is 0.467. The standard InChI is InChI=1S/C7H6O3/c8-4-5-1-2-6(9)3-7(5)10/h1-3,7,9-10H. The molecule has 3 nitrogen and oxygen atoms in total. The molecule has 0 aliphatic heterocycles. The Morgan fingerprint density at radius 3 is 2.70 bits per heavy atom. The van der Waals surface area contributed by atoms with E-state index >= 15 is 0 Å². The van der Waals surface area contributed by atoms with Gasteiger partial charge in [-0.1, -0.05) is 0 Å². The molecule has 2 N–H and O–H groups in total. The summed E-state index contributed by atoms with van der Waals surface area (Å²) in [6.45, 7) is 0. The average molecular weight is 138 g/mol. The molecule has 0 radical (unpaired) electrons. The van der Waals surface area contributed by atoms with E-state index in [9.17, 15) is 4.79 Å². The van der Waals surface area contributed by atoms with Crippen molar-refractivity contribution in [3.8, 4) is 0 Å². The van der Waals surface area contributed by atoms with E-state index in [0.29, 0.717) is 0 Å². The fourth-order valence-corrected chi connectivity index (χ4v) is 0.675. The summed E-state index contributed by atoms with van der Waals surface area (Å²) in [7, 11) is 0. The molecule has 52 valence electrons. The second-order valence-corrected chi connectivity index (χ2v) is 1.93. The molecule has 10 heavy (non-hydrogen) atoms. The van der Waals surface area contributed by atoms with Crippen LogP contribution in [0.5, 0.6) is 0 Å². The smallest absolute Gasteiger partial charge is 0.131 e. The van der Waals surface area contributed by atoms with E-state index in [0.717, 1.165) is 0 Å². The molecule has 1 aliphatic rings. The fraction of sp³-hybridized carbons (Fsp3) is 0.143. The Morgan fingerprint density at radius 1 is 1.50 bits per heavy atom. The zero-order valence-corrected chi connectivity index (χ0v) is 5.11. The molecule has 1 atom stereocenters. The zero-order chi connectivity index (χ0) is 7.56. The van der Waals surface area contributed by atoms with Gasteiger partial charge in [-0.05, 0) is 18.2 Å². The Morgan fingerprint density at radius 2 is 2.20 bits per heavy atom. The molecule has 0 saturated carbocycles. The molecule has 1 rings (SSSR count). The van der Waals surface area contributed by atoms with Crippen LogP contribution in [-0.2, 0) is 4.79 Å². The Kier molecular flexibility index (Phi) is 1.71. The van der Waals surface area contributed by atoms with Crippen LogP contribution in [0.3, 0.4) is 0 Å². The normalized spacial score (nSPS) is 23.9. The van der Waals surface area contributed by atoms with Gasteiger partial charge in [0.25, 0.3) is 0 Å². The molecule has 0 aromatic heterocycles. The second kappa shape index (κ2) is 2.52. The number of aliphatic hydroxyl groups is 2. The van der Waals surface area contributed by atoms with Crippen molar-refractivity contribution in [2.24, 2.45) is 0 Å². The minimum Gasteiger partial charge on any atom is -0.508 e. The van der Waals surface area contributed by atoms with E-state index in [1.54, 1.807) is 5.94 Å². The monoisotopic (exact) mass is 138 g/mol.